The molecule has 1 aromatic carbocycles. The van der Waals surface area contributed by atoms with Gasteiger partial charge in [0, 0.05) is 24.8 Å². The van der Waals surface area contributed by atoms with Gasteiger partial charge in [-0.3, -0.25) is 14.9 Å². The Bertz CT molecular complexity index is 559. The molecule has 0 saturated heterocycles. The molecule has 0 bridgehead atoms. The lowest BCUT2D eigenvalue weighted by Gasteiger charge is -2.21. The minimum absolute atomic E-state index is 0.113. The van der Waals surface area contributed by atoms with Gasteiger partial charge in [-0.2, -0.15) is 0 Å². The molecule has 0 spiro atoms. The number of nitrogens with one attached hydrogen (secondary N) is 1. The Morgan fingerprint density at radius 2 is 2.09 bits per heavy atom. The molecule has 1 aliphatic rings. The molecular formula is C16H21BrN2O4. The predicted molar refractivity (Wildman–Crippen MR) is 90.6 cm³/mol. The Hall–Kier alpha value is -1.47. The highest BCUT2D eigenvalue weighted by molar-refractivity contribution is 9.10. The number of amides is 1. The SMILES string of the molecule is O=C(NCCCOC1CCCCC1)c1ccc(Br)c([N+](=O)[O-])c1. The summed E-state index contributed by atoms with van der Waals surface area (Å²) in [6, 6.07) is 4.35. The summed E-state index contributed by atoms with van der Waals surface area (Å²) < 4.78 is 6.15. The number of ether oxygens (including phenoxy) is 1. The van der Waals surface area contributed by atoms with Crippen LogP contribution in [0, 0.1) is 10.1 Å². The maximum Gasteiger partial charge on any atom is 0.284 e. The minimum atomic E-state index is -0.515. The standard InChI is InChI=1S/C16H21BrN2O4/c17-14-8-7-12(11-15(14)19(21)22)16(20)18-9-4-10-23-13-5-2-1-3-6-13/h7-8,11,13H,1-6,9-10H2,(H,18,20). The van der Waals surface area contributed by atoms with Crippen LogP contribution in [0.25, 0.3) is 0 Å². The number of nitrogens with zero attached hydrogens (tertiary/aromatic N) is 1. The maximum atomic E-state index is 12.0. The smallest absolute Gasteiger partial charge is 0.284 e. The van der Waals surface area contributed by atoms with Gasteiger partial charge in [0.15, 0.2) is 0 Å². The van der Waals surface area contributed by atoms with Gasteiger partial charge in [0.2, 0.25) is 0 Å². The Morgan fingerprint density at radius 1 is 1.35 bits per heavy atom. The van der Waals surface area contributed by atoms with Crippen LogP contribution >= 0.6 is 15.9 Å². The molecule has 2 rings (SSSR count). The summed E-state index contributed by atoms with van der Waals surface area (Å²) in [5.74, 6) is -0.307. The van der Waals surface area contributed by atoms with Crippen LogP contribution in [0.2, 0.25) is 0 Å². The number of halogens is 1. The first kappa shape index (κ1) is 17.9. The monoisotopic (exact) mass is 384 g/mol. The van der Waals surface area contributed by atoms with Crippen LogP contribution in [-0.2, 0) is 4.74 Å². The van der Waals surface area contributed by atoms with Crippen LogP contribution in [-0.4, -0.2) is 30.1 Å². The second kappa shape index (κ2) is 8.98. The molecule has 0 unspecified atom stereocenters. The van der Waals surface area contributed by atoms with Crippen molar-refractivity contribution in [3.8, 4) is 0 Å². The van der Waals surface area contributed by atoms with Gasteiger partial charge < -0.3 is 10.1 Å². The summed E-state index contributed by atoms with van der Waals surface area (Å²) in [6.07, 6.45) is 7.15. The van der Waals surface area contributed by atoms with E-state index in [1.165, 1.54) is 31.4 Å². The fraction of sp³-hybridized carbons (Fsp3) is 0.562. The molecule has 0 radical (unpaired) electrons. The first-order chi connectivity index (χ1) is 11.1. The molecule has 1 amide bonds. The Balaban J connectivity index is 1.72. The number of hydrogen-bond donors (Lipinski definition) is 1. The third-order valence-electron chi connectivity index (χ3n) is 3.92. The van der Waals surface area contributed by atoms with Crippen LogP contribution in [0.5, 0.6) is 0 Å². The van der Waals surface area contributed by atoms with E-state index in [1.54, 1.807) is 6.07 Å². The van der Waals surface area contributed by atoms with Gasteiger partial charge in [0.1, 0.15) is 0 Å². The normalized spacial score (nSPS) is 15.3. The average molecular weight is 385 g/mol. The second-order valence-electron chi connectivity index (χ2n) is 5.66. The fourth-order valence-electron chi connectivity index (χ4n) is 2.65. The van der Waals surface area contributed by atoms with Gasteiger partial charge in [0.25, 0.3) is 11.6 Å². The van der Waals surface area contributed by atoms with E-state index in [1.807, 2.05) is 0 Å². The summed E-state index contributed by atoms with van der Waals surface area (Å²) in [5.41, 5.74) is 0.173. The van der Waals surface area contributed by atoms with Crippen molar-refractivity contribution in [1.82, 2.24) is 5.32 Å². The van der Waals surface area contributed by atoms with E-state index in [-0.39, 0.29) is 17.2 Å². The molecule has 0 aliphatic heterocycles. The van der Waals surface area contributed by atoms with Crippen molar-refractivity contribution < 1.29 is 14.5 Å². The summed E-state index contributed by atoms with van der Waals surface area (Å²) in [4.78, 5) is 22.4. The molecule has 0 heterocycles. The number of nitro benzene ring substituents is 1. The molecule has 0 atom stereocenters. The van der Waals surface area contributed by atoms with E-state index in [4.69, 9.17) is 4.74 Å². The third kappa shape index (κ3) is 5.58. The van der Waals surface area contributed by atoms with Gasteiger partial charge in [-0.05, 0) is 47.3 Å². The van der Waals surface area contributed by atoms with Crippen LogP contribution in [0.4, 0.5) is 5.69 Å². The lowest BCUT2D eigenvalue weighted by Crippen LogP contribution is -2.26. The number of carbonyl (C=O) groups is 1. The van der Waals surface area contributed by atoms with E-state index in [0.717, 1.165) is 19.3 Å². The third-order valence-corrected chi connectivity index (χ3v) is 4.59. The van der Waals surface area contributed by atoms with Gasteiger partial charge in [0.05, 0.1) is 15.5 Å². The molecule has 1 saturated carbocycles. The Labute approximate surface area is 143 Å². The fourth-order valence-corrected chi connectivity index (χ4v) is 3.04. The zero-order valence-electron chi connectivity index (χ0n) is 12.9. The van der Waals surface area contributed by atoms with Gasteiger partial charge in [-0.1, -0.05) is 19.3 Å². The van der Waals surface area contributed by atoms with E-state index in [9.17, 15) is 14.9 Å². The summed E-state index contributed by atoms with van der Waals surface area (Å²) >= 11 is 3.10. The zero-order valence-corrected chi connectivity index (χ0v) is 14.5. The van der Waals surface area contributed by atoms with Crippen molar-refractivity contribution in [3.05, 3.63) is 38.3 Å². The minimum Gasteiger partial charge on any atom is -0.378 e. The van der Waals surface area contributed by atoms with Crippen LogP contribution in [0.1, 0.15) is 48.9 Å². The summed E-state index contributed by atoms with van der Waals surface area (Å²) in [6.45, 7) is 1.13. The van der Waals surface area contributed by atoms with Crippen molar-refractivity contribution >= 4 is 27.5 Å². The quantitative estimate of drug-likeness (QED) is 0.440. The maximum absolute atomic E-state index is 12.0. The molecule has 6 nitrogen and oxygen atoms in total. The largest absolute Gasteiger partial charge is 0.378 e. The van der Waals surface area contributed by atoms with Gasteiger partial charge in [-0.25, -0.2) is 0 Å². The van der Waals surface area contributed by atoms with E-state index >= 15 is 0 Å². The number of rotatable bonds is 7. The second-order valence-corrected chi connectivity index (χ2v) is 6.52. The van der Waals surface area contributed by atoms with Crippen molar-refractivity contribution in [2.24, 2.45) is 0 Å². The van der Waals surface area contributed by atoms with Crippen LogP contribution in [0.3, 0.4) is 0 Å². The number of nitro groups is 1. The highest BCUT2D eigenvalue weighted by Gasteiger charge is 2.16. The molecule has 23 heavy (non-hydrogen) atoms. The first-order valence-electron chi connectivity index (χ1n) is 7.91. The van der Waals surface area contributed by atoms with E-state index in [0.29, 0.717) is 23.7 Å². The molecule has 1 fully saturated rings. The lowest BCUT2D eigenvalue weighted by molar-refractivity contribution is -0.385. The Kier molecular flexibility index (Phi) is 6.98. The van der Waals surface area contributed by atoms with Crippen LogP contribution in [0.15, 0.2) is 22.7 Å². The van der Waals surface area contributed by atoms with E-state index in [2.05, 4.69) is 21.2 Å². The van der Waals surface area contributed by atoms with Crippen molar-refractivity contribution in [1.29, 1.82) is 0 Å². The lowest BCUT2D eigenvalue weighted by atomic mass is 9.98. The van der Waals surface area contributed by atoms with Crippen molar-refractivity contribution in [2.75, 3.05) is 13.2 Å². The molecule has 1 aromatic rings. The number of carbonyl (C=O) groups excluding carboxylic acids is 1. The molecule has 126 valence electrons. The highest BCUT2D eigenvalue weighted by atomic mass is 79.9. The molecular weight excluding hydrogens is 364 g/mol. The topological polar surface area (TPSA) is 81.5 Å². The molecule has 1 N–H and O–H groups in total. The highest BCUT2D eigenvalue weighted by Crippen LogP contribution is 2.25. The van der Waals surface area contributed by atoms with Gasteiger partial charge >= 0.3 is 0 Å². The Morgan fingerprint density at radius 3 is 2.78 bits per heavy atom. The average Bonchev–Trinajstić information content (AvgIpc) is 2.55. The molecule has 1 aliphatic carbocycles. The first-order valence-corrected chi connectivity index (χ1v) is 8.71. The van der Waals surface area contributed by atoms with E-state index < -0.39 is 4.92 Å². The van der Waals surface area contributed by atoms with Gasteiger partial charge in [-0.15, -0.1) is 0 Å². The van der Waals surface area contributed by atoms with Crippen molar-refractivity contribution in [2.45, 2.75) is 44.6 Å². The number of hydrogen-bond acceptors (Lipinski definition) is 4. The molecule has 7 heteroatoms. The predicted octanol–water partition coefficient (Wildman–Crippen LogP) is 3.83. The molecule has 0 aromatic heterocycles. The van der Waals surface area contributed by atoms with Crippen LogP contribution < -0.4 is 5.32 Å². The zero-order chi connectivity index (χ0) is 16.7. The number of benzene rings is 1. The summed E-state index contributed by atoms with van der Waals surface area (Å²) in [7, 11) is 0. The van der Waals surface area contributed by atoms with Crippen molar-refractivity contribution in [3.63, 3.8) is 0 Å². The summed E-state index contributed by atoms with van der Waals surface area (Å²) in [5, 5.41) is 13.6.